The van der Waals surface area contributed by atoms with Crippen LogP contribution >= 0.6 is 0 Å². The zero-order valence-corrected chi connectivity index (χ0v) is 11.4. The average molecular weight is 286 g/mol. The maximum absolute atomic E-state index is 12.0. The molecule has 0 bridgehead atoms. The van der Waals surface area contributed by atoms with Crippen LogP contribution in [0, 0.1) is 10.1 Å². The summed E-state index contributed by atoms with van der Waals surface area (Å²) in [6, 6.07) is 12.8. The summed E-state index contributed by atoms with van der Waals surface area (Å²) >= 11 is 0. The highest BCUT2D eigenvalue weighted by Gasteiger charge is 2.17. The third kappa shape index (κ3) is 3.56. The van der Waals surface area contributed by atoms with Crippen LogP contribution in [0.3, 0.4) is 0 Å². The second kappa shape index (κ2) is 6.51. The van der Waals surface area contributed by atoms with Crippen LogP contribution in [0.5, 0.6) is 5.75 Å². The molecule has 0 aliphatic carbocycles. The first-order chi connectivity index (χ1) is 10.1. The predicted molar refractivity (Wildman–Crippen MR) is 78.7 cm³/mol. The first-order valence-corrected chi connectivity index (χ1v) is 6.39. The summed E-state index contributed by atoms with van der Waals surface area (Å²) in [5, 5.41) is 13.6. The van der Waals surface area contributed by atoms with Crippen LogP contribution < -0.4 is 10.1 Å². The highest BCUT2D eigenvalue weighted by molar-refractivity contribution is 6.05. The second-order valence-corrected chi connectivity index (χ2v) is 4.19. The number of carbonyl (C=O) groups excluding carboxylic acids is 1. The summed E-state index contributed by atoms with van der Waals surface area (Å²) < 4.78 is 5.22. The van der Waals surface area contributed by atoms with Gasteiger partial charge >= 0.3 is 0 Å². The first-order valence-electron chi connectivity index (χ1n) is 6.39. The number of carbonyl (C=O) groups is 1. The molecule has 1 amide bonds. The zero-order valence-electron chi connectivity index (χ0n) is 11.4. The topological polar surface area (TPSA) is 81.5 Å². The van der Waals surface area contributed by atoms with Crippen LogP contribution in [0.15, 0.2) is 48.5 Å². The highest BCUT2D eigenvalue weighted by atomic mass is 16.6. The summed E-state index contributed by atoms with van der Waals surface area (Å²) in [6.45, 7) is 2.20. The lowest BCUT2D eigenvalue weighted by atomic mass is 10.2. The van der Waals surface area contributed by atoms with E-state index in [-0.39, 0.29) is 11.4 Å². The standard InChI is InChI=1S/C15H14N2O4/c1-2-21-12-8-9-13(14(10-12)17(19)20)16-15(18)11-6-4-3-5-7-11/h3-10H,2H2,1H3,(H,16,18). The minimum atomic E-state index is -0.552. The molecule has 6 heteroatoms. The van der Waals surface area contributed by atoms with E-state index >= 15 is 0 Å². The molecule has 1 N–H and O–H groups in total. The van der Waals surface area contributed by atoms with Gasteiger partial charge < -0.3 is 10.1 Å². The van der Waals surface area contributed by atoms with E-state index < -0.39 is 10.8 Å². The van der Waals surface area contributed by atoms with Crippen molar-refractivity contribution in [3.8, 4) is 5.75 Å². The molecular formula is C15H14N2O4. The number of benzene rings is 2. The molecule has 0 atom stereocenters. The van der Waals surface area contributed by atoms with Crippen molar-refractivity contribution < 1.29 is 14.5 Å². The van der Waals surface area contributed by atoms with Crippen LogP contribution in [-0.4, -0.2) is 17.4 Å². The van der Waals surface area contributed by atoms with Crippen LogP contribution in [0.2, 0.25) is 0 Å². The molecular weight excluding hydrogens is 272 g/mol. The molecule has 108 valence electrons. The largest absolute Gasteiger partial charge is 0.494 e. The Morgan fingerprint density at radius 1 is 1.24 bits per heavy atom. The molecule has 0 fully saturated rings. The number of ether oxygens (including phenoxy) is 1. The Morgan fingerprint density at radius 3 is 2.57 bits per heavy atom. The fraction of sp³-hybridized carbons (Fsp3) is 0.133. The summed E-state index contributed by atoms with van der Waals surface area (Å²) in [6.07, 6.45) is 0. The van der Waals surface area contributed by atoms with Gasteiger partial charge in [0.1, 0.15) is 11.4 Å². The summed E-state index contributed by atoms with van der Waals surface area (Å²) in [7, 11) is 0. The van der Waals surface area contributed by atoms with Gasteiger partial charge in [-0.3, -0.25) is 14.9 Å². The number of rotatable bonds is 5. The number of nitrogens with zero attached hydrogens (tertiary/aromatic N) is 1. The molecule has 6 nitrogen and oxygen atoms in total. The van der Waals surface area contributed by atoms with Crippen LogP contribution in [0.1, 0.15) is 17.3 Å². The Hall–Kier alpha value is -2.89. The minimum Gasteiger partial charge on any atom is -0.494 e. The van der Waals surface area contributed by atoms with Crippen molar-refractivity contribution in [3.63, 3.8) is 0 Å². The lowest BCUT2D eigenvalue weighted by Crippen LogP contribution is -2.13. The fourth-order valence-electron chi connectivity index (χ4n) is 1.81. The zero-order chi connectivity index (χ0) is 15.2. The van der Waals surface area contributed by atoms with Crippen molar-refractivity contribution in [1.82, 2.24) is 0 Å². The van der Waals surface area contributed by atoms with Crippen LogP contribution in [0.4, 0.5) is 11.4 Å². The minimum absolute atomic E-state index is 0.136. The molecule has 0 saturated heterocycles. The van der Waals surface area contributed by atoms with Crippen molar-refractivity contribution in [2.45, 2.75) is 6.92 Å². The number of anilines is 1. The molecule has 0 aliphatic heterocycles. The Labute approximate surface area is 121 Å². The number of amides is 1. The second-order valence-electron chi connectivity index (χ2n) is 4.19. The highest BCUT2D eigenvalue weighted by Crippen LogP contribution is 2.29. The van der Waals surface area contributed by atoms with Crippen molar-refractivity contribution in [2.24, 2.45) is 0 Å². The number of hydrogen-bond donors (Lipinski definition) is 1. The van der Waals surface area contributed by atoms with E-state index in [0.717, 1.165) is 0 Å². The van der Waals surface area contributed by atoms with Crippen molar-refractivity contribution in [2.75, 3.05) is 11.9 Å². The van der Waals surface area contributed by atoms with Gasteiger partial charge in [0.15, 0.2) is 0 Å². The van der Waals surface area contributed by atoms with E-state index in [0.29, 0.717) is 17.9 Å². The monoisotopic (exact) mass is 286 g/mol. The third-order valence-electron chi connectivity index (χ3n) is 2.76. The molecule has 0 radical (unpaired) electrons. The van der Waals surface area contributed by atoms with Gasteiger partial charge in [-0.1, -0.05) is 18.2 Å². The molecule has 0 aliphatic rings. The van der Waals surface area contributed by atoms with Crippen molar-refractivity contribution in [1.29, 1.82) is 0 Å². The van der Waals surface area contributed by atoms with Crippen molar-refractivity contribution in [3.05, 3.63) is 64.2 Å². The molecule has 0 heterocycles. The van der Waals surface area contributed by atoms with Gasteiger partial charge in [-0.15, -0.1) is 0 Å². The summed E-state index contributed by atoms with van der Waals surface area (Å²) in [5.41, 5.74) is 0.364. The summed E-state index contributed by atoms with van der Waals surface area (Å²) in [5.74, 6) is -0.00947. The number of nitrogens with one attached hydrogen (secondary N) is 1. The van der Waals surface area contributed by atoms with Gasteiger partial charge in [-0.2, -0.15) is 0 Å². The fourth-order valence-corrected chi connectivity index (χ4v) is 1.81. The van der Waals surface area contributed by atoms with Gasteiger partial charge in [-0.25, -0.2) is 0 Å². The van der Waals surface area contributed by atoms with E-state index in [2.05, 4.69) is 5.32 Å². The smallest absolute Gasteiger partial charge is 0.296 e. The normalized spacial score (nSPS) is 9.95. The van der Waals surface area contributed by atoms with Crippen molar-refractivity contribution >= 4 is 17.3 Å². The van der Waals surface area contributed by atoms with Gasteiger partial charge in [0, 0.05) is 5.56 Å². The van der Waals surface area contributed by atoms with E-state index in [4.69, 9.17) is 4.74 Å². The lowest BCUT2D eigenvalue weighted by Gasteiger charge is -2.08. The maximum Gasteiger partial charge on any atom is 0.296 e. The van der Waals surface area contributed by atoms with Gasteiger partial charge in [0.05, 0.1) is 17.6 Å². The molecule has 0 spiro atoms. The molecule has 0 unspecified atom stereocenters. The Bertz CT molecular complexity index is 656. The molecule has 2 aromatic carbocycles. The molecule has 2 aromatic rings. The van der Waals surface area contributed by atoms with Gasteiger partial charge in [0.25, 0.3) is 11.6 Å². The SMILES string of the molecule is CCOc1ccc(NC(=O)c2ccccc2)c([N+](=O)[O-])c1. The van der Waals surface area contributed by atoms with Crippen LogP contribution in [-0.2, 0) is 0 Å². The van der Waals surface area contributed by atoms with Gasteiger partial charge in [-0.05, 0) is 31.2 Å². The Morgan fingerprint density at radius 2 is 1.95 bits per heavy atom. The number of nitro benzene ring substituents is 1. The number of hydrogen-bond acceptors (Lipinski definition) is 4. The van der Waals surface area contributed by atoms with E-state index in [1.807, 2.05) is 0 Å². The molecule has 2 rings (SSSR count). The molecule has 0 aromatic heterocycles. The van der Waals surface area contributed by atoms with E-state index in [1.165, 1.54) is 12.1 Å². The third-order valence-corrected chi connectivity index (χ3v) is 2.76. The summed E-state index contributed by atoms with van der Waals surface area (Å²) in [4.78, 5) is 22.6. The molecule has 21 heavy (non-hydrogen) atoms. The molecule has 0 saturated carbocycles. The Balaban J connectivity index is 2.27. The van der Waals surface area contributed by atoms with E-state index in [9.17, 15) is 14.9 Å². The number of nitro groups is 1. The quantitative estimate of drug-likeness (QED) is 0.675. The first kappa shape index (κ1) is 14.5. The maximum atomic E-state index is 12.0. The Kier molecular flexibility index (Phi) is 4.50. The predicted octanol–water partition coefficient (Wildman–Crippen LogP) is 3.25. The van der Waals surface area contributed by atoms with Gasteiger partial charge in [0.2, 0.25) is 0 Å². The average Bonchev–Trinajstić information content (AvgIpc) is 2.49. The van der Waals surface area contributed by atoms with Crippen LogP contribution in [0.25, 0.3) is 0 Å². The lowest BCUT2D eigenvalue weighted by molar-refractivity contribution is -0.384. The van der Waals surface area contributed by atoms with E-state index in [1.54, 1.807) is 43.3 Å².